The summed E-state index contributed by atoms with van der Waals surface area (Å²) in [5.74, 6) is 1.52. The Morgan fingerprint density at radius 2 is 1.93 bits per heavy atom. The zero-order valence-corrected chi connectivity index (χ0v) is 17.6. The minimum Gasteiger partial charge on any atom is -0.493 e. The highest BCUT2D eigenvalue weighted by atomic mass is 16.6. The monoisotopic (exact) mass is 404 g/mol. The Bertz CT molecular complexity index is 692. The predicted molar refractivity (Wildman–Crippen MR) is 111 cm³/mol. The molecule has 1 aliphatic carbocycles. The molecular weight excluding hydrogens is 372 g/mol. The quantitative estimate of drug-likeness (QED) is 0.377. The molecule has 1 heterocycles. The van der Waals surface area contributed by atoms with Gasteiger partial charge in [-0.15, -0.1) is 0 Å². The van der Waals surface area contributed by atoms with E-state index in [1.54, 1.807) is 13.3 Å². The van der Waals surface area contributed by atoms with E-state index < -0.39 is 0 Å². The van der Waals surface area contributed by atoms with Crippen molar-refractivity contribution in [2.45, 2.75) is 64.3 Å². The molecule has 1 saturated carbocycles. The largest absolute Gasteiger partial charge is 0.493 e. The molecule has 29 heavy (non-hydrogen) atoms. The zero-order valence-electron chi connectivity index (χ0n) is 17.6. The molecule has 7 heteroatoms. The zero-order chi connectivity index (χ0) is 20.6. The molecule has 0 spiro atoms. The van der Waals surface area contributed by atoms with Crippen LogP contribution in [0.15, 0.2) is 23.4 Å². The number of ether oxygens (including phenoxy) is 3. The van der Waals surface area contributed by atoms with Gasteiger partial charge < -0.3 is 23.9 Å². The predicted octanol–water partition coefficient (Wildman–Crippen LogP) is 3.39. The molecular formula is C22H32N2O5. The number of carbonyl (C=O) groups excluding carboxylic acids is 1. The van der Waals surface area contributed by atoms with Crippen molar-refractivity contribution in [1.82, 2.24) is 4.90 Å². The van der Waals surface area contributed by atoms with Gasteiger partial charge in [0.05, 0.1) is 38.1 Å². The van der Waals surface area contributed by atoms with Gasteiger partial charge in [-0.3, -0.25) is 4.79 Å². The highest BCUT2D eigenvalue weighted by Gasteiger charge is 2.25. The molecule has 1 aromatic rings. The van der Waals surface area contributed by atoms with Crippen LogP contribution in [0.2, 0.25) is 0 Å². The number of morpholine rings is 1. The fraction of sp³-hybridized carbons (Fsp3) is 0.636. The number of rotatable bonds is 8. The van der Waals surface area contributed by atoms with Gasteiger partial charge in [0.15, 0.2) is 11.5 Å². The molecule has 160 valence electrons. The molecule has 2 aliphatic rings. The SMILES string of the molecule is COc1ccc(/C=N/OCCC(=O)N2CC(C)OC(C)C2)cc1OC1CCCC1. The fourth-order valence-electron chi connectivity index (χ4n) is 3.87. The van der Waals surface area contributed by atoms with Gasteiger partial charge in [0, 0.05) is 18.7 Å². The molecule has 1 saturated heterocycles. The van der Waals surface area contributed by atoms with Crippen molar-refractivity contribution in [3.05, 3.63) is 23.8 Å². The van der Waals surface area contributed by atoms with E-state index in [4.69, 9.17) is 19.0 Å². The Labute approximate surface area is 172 Å². The number of carbonyl (C=O) groups is 1. The van der Waals surface area contributed by atoms with Crippen LogP contribution < -0.4 is 9.47 Å². The molecule has 1 amide bonds. The van der Waals surface area contributed by atoms with Gasteiger partial charge in [-0.1, -0.05) is 5.16 Å². The summed E-state index contributed by atoms with van der Waals surface area (Å²) in [5.41, 5.74) is 0.862. The standard InChI is InChI=1S/C22H32N2O5/c1-16-14-24(15-17(2)28-16)22(25)10-11-27-23-13-18-8-9-20(26-3)21(12-18)29-19-6-4-5-7-19/h8-9,12-13,16-17,19H,4-7,10-11,14-15H2,1-3H3/b23-13+. The van der Waals surface area contributed by atoms with Crippen LogP contribution in [-0.2, 0) is 14.4 Å². The summed E-state index contributed by atoms with van der Waals surface area (Å²) < 4.78 is 17.2. The molecule has 2 unspecified atom stereocenters. The Morgan fingerprint density at radius 3 is 2.62 bits per heavy atom. The van der Waals surface area contributed by atoms with Crippen LogP contribution in [0.4, 0.5) is 0 Å². The molecule has 0 N–H and O–H groups in total. The number of oxime groups is 1. The first-order chi connectivity index (χ1) is 14.0. The lowest BCUT2D eigenvalue weighted by molar-refractivity contribution is -0.144. The summed E-state index contributed by atoms with van der Waals surface area (Å²) in [6.45, 7) is 5.47. The van der Waals surface area contributed by atoms with Gasteiger partial charge >= 0.3 is 0 Å². The molecule has 1 aliphatic heterocycles. The number of methoxy groups -OCH3 is 1. The molecule has 3 rings (SSSR count). The summed E-state index contributed by atoms with van der Waals surface area (Å²) in [7, 11) is 1.64. The molecule has 7 nitrogen and oxygen atoms in total. The second-order valence-electron chi connectivity index (χ2n) is 7.81. The third kappa shape index (κ3) is 6.35. The fourth-order valence-corrected chi connectivity index (χ4v) is 3.87. The maximum absolute atomic E-state index is 12.3. The number of benzene rings is 1. The minimum atomic E-state index is 0.0670. The maximum Gasteiger partial charge on any atom is 0.226 e. The third-order valence-corrected chi connectivity index (χ3v) is 5.24. The van der Waals surface area contributed by atoms with Gasteiger partial charge in [0.2, 0.25) is 5.91 Å². The highest BCUT2D eigenvalue weighted by Crippen LogP contribution is 2.32. The lowest BCUT2D eigenvalue weighted by Crippen LogP contribution is -2.48. The Morgan fingerprint density at radius 1 is 1.21 bits per heavy atom. The molecule has 0 radical (unpaired) electrons. The third-order valence-electron chi connectivity index (χ3n) is 5.24. The smallest absolute Gasteiger partial charge is 0.226 e. The number of nitrogens with zero attached hydrogens (tertiary/aromatic N) is 2. The number of hydrogen-bond acceptors (Lipinski definition) is 6. The molecule has 2 fully saturated rings. The van der Waals surface area contributed by atoms with Crippen LogP contribution in [0.25, 0.3) is 0 Å². The van der Waals surface area contributed by atoms with Gasteiger partial charge in [-0.2, -0.15) is 0 Å². The van der Waals surface area contributed by atoms with Gasteiger partial charge in [0.1, 0.15) is 6.61 Å². The Hall–Kier alpha value is -2.28. The maximum atomic E-state index is 12.3. The normalized spacial score (nSPS) is 22.8. The summed E-state index contributed by atoms with van der Waals surface area (Å²) in [6, 6.07) is 5.68. The van der Waals surface area contributed by atoms with Crippen molar-refractivity contribution < 1.29 is 23.8 Å². The molecule has 0 aromatic heterocycles. The van der Waals surface area contributed by atoms with Gasteiger partial charge in [-0.05, 0) is 57.7 Å². The van der Waals surface area contributed by atoms with Crippen LogP contribution in [0.1, 0.15) is 51.5 Å². The van der Waals surface area contributed by atoms with E-state index in [0.717, 1.165) is 29.9 Å². The summed E-state index contributed by atoms with van der Waals surface area (Å²) in [4.78, 5) is 19.4. The van der Waals surface area contributed by atoms with E-state index in [1.165, 1.54) is 12.8 Å². The van der Waals surface area contributed by atoms with Crippen LogP contribution in [-0.4, -0.2) is 62.1 Å². The highest BCUT2D eigenvalue weighted by molar-refractivity contribution is 5.80. The van der Waals surface area contributed by atoms with E-state index in [-0.39, 0.29) is 30.8 Å². The van der Waals surface area contributed by atoms with Gasteiger partial charge in [0.25, 0.3) is 0 Å². The van der Waals surface area contributed by atoms with Crippen molar-refractivity contribution in [1.29, 1.82) is 0 Å². The number of amides is 1. The van der Waals surface area contributed by atoms with E-state index in [1.807, 2.05) is 36.9 Å². The van der Waals surface area contributed by atoms with E-state index in [9.17, 15) is 4.79 Å². The molecule has 0 bridgehead atoms. The average molecular weight is 405 g/mol. The van der Waals surface area contributed by atoms with Crippen LogP contribution >= 0.6 is 0 Å². The summed E-state index contributed by atoms with van der Waals surface area (Å²) in [5, 5.41) is 4.00. The molecule has 2 atom stereocenters. The number of hydrogen-bond donors (Lipinski definition) is 0. The van der Waals surface area contributed by atoms with Crippen LogP contribution in [0.5, 0.6) is 11.5 Å². The van der Waals surface area contributed by atoms with Crippen molar-refractivity contribution in [3.63, 3.8) is 0 Å². The van der Waals surface area contributed by atoms with Crippen molar-refractivity contribution in [3.8, 4) is 11.5 Å². The van der Waals surface area contributed by atoms with Crippen molar-refractivity contribution >= 4 is 12.1 Å². The first kappa shape index (κ1) is 21.4. The van der Waals surface area contributed by atoms with Gasteiger partial charge in [-0.25, -0.2) is 0 Å². The lowest BCUT2D eigenvalue weighted by Gasteiger charge is -2.35. The van der Waals surface area contributed by atoms with E-state index in [0.29, 0.717) is 19.5 Å². The molecule has 1 aromatic carbocycles. The lowest BCUT2D eigenvalue weighted by atomic mass is 10.2. The van der Waals surface area contributed by atoms with E-state index in [2.05, 4.69) is 5.16 Å². The first-order valence-corrected chi connectivity index (χ1v) is 10.5. The van der Waals surface area contributed by atoms with Crippen LogP contribution in [0.3, 0.4) is 0 Å². The van der Waals surface area contributed by atoms with E-state index >= 15 is 0 Å². The van der Waals surface area contributed by atoms with Crippen LogP contribution in [0, 0.1) is 0 Å². The van der Waals surface area contributed by atoms with Crippen molar-refractivity contribution in [2.75, 3.05) is 26.8 Å². The topological polar surface area (TPSA) is 69.6 Å². The second kappa shape index (κ2) is 10.5. The summed E-state index contributed by atoms with van der Waals surface area (Å²) >= 11 is 0. The first-order valence-electron chi connectivity index (χ1n) is 10.5. The average Bonchev–Trinajstić information content (AvgIpc) is 3.20. The Balaban J connectivity index is 1.46. The van der Waals surface area contributed by atoms with Crippen molar-refractivity contribution in [2.24, 2.45) is 5.16 Å². The summed E-state index contributed by atoms with van der Waals surface area (Å²) in [6.07, 6.45) is 6.91. The Kier molecular flexibility index (Phi) is 7.75. The minimum absolute atomic E-state index is 0.0670. The second-order valence-corrected chi connectivity index (χ2v) is 7.81.